The molecule has 0 aliphatic carbocycles. The number of thiophene rings is 1. The van der Waals surface area contributed by atoms with Crippen LogP contribution in [-0.2, 0) is 0 Å². The zero-order valence-corrected chi connectivity index (χ0v) is 12.3. The molecule has 20 heavy (non-hydrogen) atoms. The lowest BCUT2D eigenvalue weighted by atomic mass is 10.2. The van der Waals surface area contributed by atoms with Gasteiger partial charge in [0.1, 0.15) is 5.69 Å². The second-order valence-corrected chi connectivity index (χ2v) is 5.72. The summed E-state index contributed by atoms with van der Waals surface area (Å²) < 4.78 is 1.12. The molecule has 0 saturated carbocycles. The summed E-state index contributed by atoms with van der Waals surface area (Å²) in [6.45, 7) is 4.67. The minimum atomic E-state index is 0.0153. The Hall–Kier alpha value is -2.07. The molecule has 1 amide bonds. The fourth-order valence-electron chi connectivity index (χ4n) is 2.35. The highest BCUT2D eigenvalue weighted by Crippen LogP contribution is 2.24. The second-order valence-electron chi connectivity index (χ2n) is 4.77. The number of aromatic nitrogens is 1. The maximum absolute atomic E-state index is 12.7. The van der Waals surface area contributed by atoms with Crippen molar-refractivity contribution in [2.75, 3.05) is 11.4 Å². The van der Waals surface area contributed by atoms with Crippen molar-refractivity contribution < 1.29 is 4.79 Å². The van der Waals surface area contributed by atoms with Crippen LogP contribution in [-0.4, -0.2) is 17.4 Å². The number of hydrogen-bond donors (Lipinski definition) is 1. The molecule has 3 aromatic rings. The van der Waals surface area contributed by atoms with E-state index in [9.17, 15) is 4.79 Å². The van der Waals surface area contributed by atoms with Crippen LogP contribution in [0.25, 0.3) is 10.2 Å². The Morgan fingerprint density at radius 1 is 1.30 bits per heavy atom. The summed E-state index contributed by atoms with van der Waals surface area (Å²) in [7, 11) is 0. The summed E-state index contributed by atoms with van der Waals surface area (Å²) >= 11 is 1.64. The molecule has 2 aromatic heterocycles. The van der Waals surface area contributed by atoms with Crippen molar-refractivity contribution in [1.82, 2.24) is 4.98 Å². The van der Waals surface area contributed by atoms with Gasteiger partial charge in [0.2, 0.25) is 0 Å². The van der Waals surface area contributed by atoms with E-state index in [1.807, 2.05) is 55.6 Å². The van der Waals surface area contributed by atoms with Crippen molar-refractivity contribution in [3.63, 3.8) is 0 Å². The van der Waals surface area contributed by atoms with E-state index in [1.54, 1.807) is 16.2 Å². The molecule has 3 rings (SSSR count). The van der Waals surface area contributed by atoms with Gasteiger partial charge in [0.25, 0.3) is 5.91 Å². The number of hydrogen-bond acceptors (Lipinski definition) is 2. The second kappa shape index (κ2) is 5.13. The third-order valence-electron chi connectivity index (χ3n) is 3.35. The van der Waals surface area contributed by atoms with Crippen molar-refractivity contribution in [1.29, 1.82) is 0 Å². The Kier molecular flexibility index (Phi) is 3.32. The smallest absolute Gasteiger partial charge is 0.274 e. The van der Waals surface area contributed by atoms with Gasteiger partial charge < -0.3 is 9.88 Å². The number of rotatable bonds is 3. The Bertz CT molecular complexity index is 728. The van der Waals surface area contributed by atoms with Crippen LogP contribution in [0.5, 0.6) is 0 Å². The van der Waals surface area contributed by atoms with Crippen LogP contribution >= 0.6 is 11.3 Å². The van der Waals surface area contributed by atoms with Gasteiger partial charge in [-0.15, -0.1) is 11.3 Å². The summed E-state index contributed by atoms with van der Waals surface area (Å²) in [6, 6.07) is 12.0. The van der Waals surface area contributed by atoms with Crippen molar-refractivity contribution in [3.8, 4) is 0 Å². The summed E-state index contributed by atoms with van der Waals surface area (Å²) in [5, 5.41) is 2.02. The highest BCUT2D eigenvalue weighted by molar-refractivity contribution is 7.17. The molecule has 0 spiro atoms. The first-order chi connectivity index (χ1) is 9.69. The Morgan fingerprint density at radius 3 is 2.85 bits per heavy atom. The first-order valence-electron chi connectivity index (χ1n) is 6.64. The van der Waals surface area contributed by atoms with Crippen LogP contribution in [0.4, 0.5) is 5.69 Å². The largest absolute Gasteiger partial charge is 0.350 e. The number of aryl methyl sites for hydroxylation is 1. The highest BCUT2D eigenvalue weighted by atomic mass is 32.1. The van der Waals surface area contributed by atoms with E-state index in [-0.39, 0.29) is 5.91 Å². The normalized spacial score (nSPS) is 10.9. The molecule has 0 bridgehead atoms. The lowest BCUT2D eigenvalue weighted by Gasteiger charge is -2.20. The van der Waals surface area contributed by atoms with Crippen LogP contribution in [0, 0.1) is 6.92 Å². The first kappa shape index (κ1) is 12.9. The van der Waals surface area contributed by atoms with Gasteiger partial charge in [0.05, 0.1) is 10.2 Å². The minimum Gasteiger partial charge on any atom is -0.350 e. The van der Waals surface area contributed by atoms with E-state index < -0.39 is 0 Å². The summed E-state index contributed by atoms with van der Waals surface area (Å²) in [6.07, 6.45) is 0. The molecule has 102 valence electrons. The topological polar surface area (TPSA) is 36.1 Å². The molecule has 1 N–H and O–H groups in total. The molecule has 2 heterocycles. The van der Waals surface area contributed by atoms with Gasteiger partial charge in [0.15, 0.2) is 0 Å². The maximum Gasteiger partial charge on any atom is 0.274 e. The van der Waals surface area contributed by atoms with Gasteiger partial charge in [-0.3, -0.25) is 4.79 Å². The molecule has 0 atom stereocenters. The zero-order valence-electron chi connectivity index (χ0n) is 11.5. The van der Waals surface area contributed by atoms with E-state index in [0.29, 0.717) is 12.2 Å². The summed E-state index contributed by atoms with van der Waals surface area (Å²) in [5.41, 5.74) is 3.77. The third-order valence-corrected chi connectivity index (χ3v) is 4.21. The SMILES string of the molecule is CCN(C(=O)c1cc2sccc2[nH]1)c1cccc(C)c1. The van der Waals surface area contributed by atoms with E-state index in [2.05, 4.69) is 4.98 Å². The number of anilines is 1. The lowest BCUT2D eigenvalue weighted by Crippen LogP contribution is -2.30. The van der Waals surface area contributed by atoms with E-state index in [1.165, 1.54) is 0 Å². The molecule has 1 aromatic carbocycles. The third kappa shape index (κ3) is 2.23. The van der Waals surface area contributed by atoms with Crippen LogP contribution in [0.1, 0.15) is 23.0 Å². The molecule has 0 radical (unpaired) electrons. The number of aromatic amines is 1. The Morgan fingerprint density at radius 2 is 2.15 bits per heavy atom. The van der Waals surface area contributed by atoms with Crippen LogP contribution in [0.3, 0.4) is 0 Å². The van der Waals surface area contributed by atoms with Crippen LogP contribution in [0.15, 0.2) is 41.8 Å². The number of nitrogens with zero attached hydrogens (tertiary/aromatic N) is 1. The average molecular weight is 284 g/mol. The van der Waals surface area contributed by atoms with E-state index in [0.717, 1.165) is 21.5 Å². The molecule has 3 nitrogen and oxygen atoms in total. The molecule has 4 heteroatoms. The maximum atomic E-state index is 12.7. The summed E-state index contributed by atoms with van der Waals surface area (Å²) in [4.78, 5) is 17.6. The minimum absolute atomic E-state index is 0.0153. The molecule has 0 aliphatic rings. The van der Waals surface area contributed by atoms with Gasteiger partial charge in [0, 0.05) is 12.2 Å². The Balaban J connectivity index is 1.96. The summed E-state index contributed by atoms with van der Waals surface area (Å²) in [5.74, 6) is 0.0153. The highest BCUT2D eigenvalue weighted by Gasteiger charge is 2.18. The first-order valence-corrected chi connectivity index (χ1v) is 7.51. The molecule has 0 saturated heterocycles. The van der Waals surface area contributed by atoms with Crippen molar-refractivity contribution in [2.24, 2.45) is 0 Å². The van der Waals surface area contributed by atoms with Crippen LogP contribution < -0.4 is 4.90 Å². The number of benzene rings is 1. The number of nitrogens with one attached hydrogen (secondary N) is 1. The number of H-pyrrole nitrogens is 1. The van der Waals surface area contributed by atoms with Gasteiger partial charge in [-0.05, 0) is 49.1 Å². The number of carbonyl (C=O) groups is 1. The van der Waals surface area contributed by atoms with Gasteiger partial charge in [-0.2, -0.15) is 0 Å². The standard InChI is InChI=1S/C16H16N2OS/c1-3-18(12-6-4-5-11(2)9-12)16(19)14-10-15-13(17-14)7-8-20-15/h4-10,17H,3H2,1-2H3. The van der Waals surface area contributed by atoms with Crippen molar-refractivity contribution in [2.45, 2.75) is 13.8 Å². The van der Waals surface area contributed by atoms with Gasteiger partial charge >= 0.3 is 0 Å². The molecular formula is C16H16N2OS. The average Bonchev–Trinajstić information content (AvgIpc) is 3.00. The molecule has 0 fully saturated rings. The van der Waals surface area contributed by atoms with Gasteiger partial charge in [-0.1, -0.05) is 12.1 Å². The van der Waals surface area contributed by atoms with Gasteiger partial charge in [-0.25, -0.2) is 0 Å². The predicted molar refractivity (Wildman–Crippen MR) is 84.7 cm³/mol. The number of carbonyl (C=O) groups excluding carboxylic acids is 1. The molecule has 0 aliphatic heterocycles. The monoisotopic (exact) mass is 284 g/mol. The number of fused-ring (bicyclic) bond motifs is 1. The lowest BCUT2D eigenvalue weighted by molar-refractivity contribution is 0.0984. The van der Waals surface area contributed by atoms with Crippen molar-refractivity contribution >= 4 is 33.1 Å². The quantitative estimate of drug-likeness (QED) is 0.768. The fraction of sp³-hybridized carbons (Fsp3) is 0.188. The molecular weight excluding hydrogens is 268 g/mol. The van der Waals surface area contributed by atoms with E-state index in [4.69, 9.17) is 0 Å². The van der Waals surface area contributed by atoms with Crippen molar-refractivity contribution in [3.05, 3.63) is 53.0 Å². The zero-order chi connectivity index (χ0) is 14.1. The fourth-order valence-corrected chi connectivity index (χ4v) is 3.13. The van der Waals surface area contributed by atoms with Crippen LogP contribution in [0.2, 0.25) is 0 Å². The number of amides is 1. The molecule has 0 unspecified atom stereocenters. The predicted octanol–water partition coefficient (Wildman–Crippen LogP) is 4.20. The Labute approximate surface area is 121 Å². The van der Waals surface area contributed by atoms with E-state index >= 15 is 0 Å².